The van der Waals surface area contributed by atoms with Gasteiger partial charge < -0.3 is 0 Å². The minimum absolute atomic E-state index is 0.101. The van der Waals surface area contributed by atoms with E-state index in [1.807, 2.05) is 0 Å². The van der Waals surface area contributed by atoms with Crippen LogP contribution in [0.4, 0.5) is 4.39 Å². The van der Waals surface area contributed by atoms with Crippen LogP contribution in [0.3, 0.4) is 0 Å². The van der Waals surface area contributed by atoms with E-state index in [9.17, 15) is 9.18 Å². The molecule has 0 atom stereocenters. The summed E-state index contributed by atoms with van der Waals surface area (Å²) in [5.41, 5.74) is 0.226. The number of rotatable bonds is 2. The zero-order valence-corrected chi connectivity index (χ0v) is 5.65. The number of nitrogens with one attached hydrogen (secondary N) is 1. The van der Waals surface area contributed by atoms with E-state index in [0.29, 0.717) is 0 Å². The second kappa shape index (κ2) is 2.79. The molecule has 0 aliphatic carbocycles. The Hall–Kier alpha value is -0.900. The normalized spacial score (nSPS) is 9.80. The molecule has 0 radical (unpaired) electrons. The first kappa shape index (κ1) is 7.21. The van der Waals surface area contributed by atoms with Crippen molar-refractivity contribution in [1.82, 2.24) is 10.2 Å². The van der Waals surface area contributed by atoms with Gasteiger partial charge in [0, 0.05) is 0 Å². The Bertz CT molecular complexity index is 248. The molecule has 0 unspecified atom stereocenters. The van der Waals surface area contributed by atoms with E-state index >= 15 is 0 Å². The molecule has 1 heterocycles. The second-order valence-electron chi connectivity index (χ2n) is 1.67. The van der Waals surface area contributed by atoms with Crippen molar-refractivity contribution >= 4 is 16.8 Å². The maximum atomic E-state index is 11.9. The molecule has 0 aromatic carbocycles. The summed E-state index contributed by atoms with van der Waals surface area (Å²) < 4.78 is 11.9. The minimum Gasteiger partial charge on any atom is -0.279 e. The van der Waals surface area contributed by atoms with Crippen LogP contribution in [0.15, 0.2) is 6.20 Å². The zero-order chi connectivity index (χ0) is 7.56. The van der Waals surface area contributed by atoms with Gasteiger partial charge in [-0.2, -0.15) is 5.10 Å². The van der Waals surface area contributed by atoms with Crippen molar-refractivity contribution in [3.8, 4) is 0 Å². The Kier molecular flexibility index (Phi) is 2.01. The topological polar surface area (TPSA) is 45.8 Å². The summed E-state index contributed by atoms with van der Waals surface area (Å²) in [7, 11) is 0. The lowest BCUT2D eigenvalue weighted by Gasteiger charge is -1.87. The van der Waals surface area contributed by atoms with Gasteiger partial charge in [0.25, 0.3) is 5.24 Å². The lowest BCUT2D eigenvalue weighted by atomic mass is 10.3. The Balaban J connectivity index is 3.01. The van der Waals surface area contributed by atoms with Gasteiger partial charge in [0.15, 0.2) is 0 Å². The van der Waals surface area contributed by atoms with Crippen LogP contribution in [0, 0.1) is 0 Å². The number of hydrogen-bond donors (Lipinski definition) is 1. The highest BCUT2D eigenvalue weighted by Gasteiger charge is 2.09. The second-order valence-corrected chi connectivity index (χ2v) is 2.01. The molecule has 1 N–H and O–H groups in total. The molecule has 1 aromatic rings. The molecular weight excluding hydrogens is 159 g/mol. The summed E-state index contributed by atoms with van der Waals surface area (Å²) >= 11 is 5.06. The van der Waals surface area contributed by atoms with Gasteiger partial charge in [-0.3, -0.25) is 9.89 Å². The lowest BCUT2D eigenvalue weighted by Crippen LogP contribution is -1.91. The van der Waals surface area contributed by atoms with Crippen LogP contribution in [0.1, 0.15) is 16.1 Å². The van der Waals surface area contributed by atoms with Gasteiger partial charge >= 0.3 is 0 Å². The Morgan fingerprint density at radius 3 is 3.00 bits per heavy atom. The van der Waals surface area contributed by atoms with Crippen molar-refractivity contribution in [3.63, 3.8) is 0 Å². The van der Waals surface area contributed by atoms with Crippen molar-refractivity contribution in [1.29, 1.82) is 0 Å². The first-order chi connectivity index (χ1) is 4.75. The van der Waals surface area contributed by atoms with E-state index in [0.717, 1.165) is 0 Å². The van der Waals surface area contributed by atoms with Crippen LogP contribution in [-0.2, 0) is 6.67 Å². The number of carbonyl (C=O) groups excluding carboxylic acids is 1. The van der Waals surface area contributed by atoms with Crippen LogP contribution in [0.5, 0.6) is 0 Å². The third-order valence-electron chi connectivity index (χ3n) is 1.06. The predicted octanol–water partition coefficient (Wildman–Crippen LogP) is 1.26. The minimum atomic E-state index is -0.756. The van der Waals surface area contributed by atoms with Gasteiger partial charge in [-0.25, -0.2) is 4.39 Å². The number of aromatic nitrogens is 2. The molecule has 1 rings (SSSR count). The molecule has 5 heteroatoms. The molecule has 0 fully saturated rings. The largest absolute Gasteiger partial charge is 0.279 e. The van der Waals surface area contributed by atoms with Crippen LogP contribution in [0.25, 0.3) is 0 Å². The first-order valence-electron chi connectivity index (χ1n) is 2.53. The predicted molar refractivity (Wildman–Crippen MR) is 33.6 cm³/mol. The van der Waals surface area contributed by atoms with E-state index in [1.54, 1.807) is 0 Å². The van der Waals surface area contributed by atoms with Gasteiger partial charge in [0.1, 0.15) is 6.67 Å². The Morgan fingerprint density at radius 1 is 1.90 bits per heavy atom. The first-order valence-corrected chi connectivity index (χ1v) is 2.91. The van der Waals surface area contributed by atoms with Gasteiger partial charge in [-0.1, -0.05) is 0 Å². The molecule has 0 amide bonds. The summed E-state index contributed by atoms with van der Waals surface area (Å²) in [5, 5.41) is 5.06. The average molecular weight is 163 g/mol. The molecule has 0 saturated heterocycles. The smallest absolute Gasteiger partial charge is 0.255 e. The Labute approximate surface area is 61.2 Å². The van der Waals surface area contributed by atoms with Crippen molar-refractivity contribution in [2.45, 2.75) is 6.67 Å². The molecule has 0 bridgehead atoms. The quantitative estimate of drug-likeness (QED) is 0.666. The van der Waals surface area contributed by atoms with Gasteiger partial charge in [-0.05, 0) is 11.6 Å². The van der Waals surface area contributed by atoms with Crippen LogP contribution in [-0.4, -0.2) is 15.4 Å². The SMILES string of the molecule is O=C(Cl)c1cn[nH]c1CF. The average Bonchev–Trinajstić information content (AvgIpc) is 2.33. The Morgan fingerprint density at radius 2 is 2.60 bits per heavy atom. The number of carbonyl (C=O) groups is 1. The molecule has 0 saturated carbocycles. The standard InChI is InChI=1S/C5H4ClFN2O/c6-5(10)3-2-8-9-4(3)1-7/h2H,1H2,(H,8,9). The van der Waals surface area contributed by atoms with Crippen LogP contribution >= 0.6 is 11.6 Å². The van der Waals surface area contributed by atoms with Crippen molar-refractivity contribution < 1.29 is 9.18 Å². The third kappa shape index (κ3) is 1.16. The van der Waals surface area contributed by atoms with Gasteiger partial charge in [-0.15, -0.1) is 0 Å². The number of nitrogens with zero attached hydrogens (tertiary/aromatic N) is 1. The summed E-state index contributed by atoms with van der Waals surface area (Å²) in [6, 6.07) is 0. The van der Waals surface area contributed by atoms with E-state index in [-0.39, 0.29) is 11.3 Å². The van der Waals surface area contributed by atoms with Crippen molar-refractivity contribution in [2.24, 2.45) is 0 Å². The lowest BCUT2D eigenvalue weighted by molar-refractivity contribution is 0.108. The van der Waals surface area contributed by atoms with Crippen molar-refractivity contribution in [2.75, 3.05) is 0 Å². The fraction of sp³-hybridized carbons (Fsp3) is 0.200. The molecule has 10 heavy (non-hydrogen) atoms. The van der Waals surface area contributed by atoms with Gasteiger partial charge in [0.05, 0.1) is 17.5 Å². The van der Waals surface area contributed by atoms with Crippen LogP contribution in [0.2, 0.25) is 0 Å². The molecule has 3 nitrogen and oxygen atoms in total. The van der Waals surface area contributed by atoms with E-state index < -0.39 is 11.9 Å². The number of alkyl halides is 1. The highest BCUT2D eigenvalue weighted by molar-refractivity contribution is 6.67. The third-order valence-corrected chi connectivity index (χ3v) is 1.27. The van der Waals surface area contributed by atoms with Crippen molar-refractivity contribution in [3.05, 3.63) is 17.5 Å². The van der Waals surface area contributed by atoms with E-state index in [4.69, 9.17) is 11.6 Å². The molecule has 54 valence electrons. The highest BCUT2D eigenvalue weighted by atomic mass is 35.5. The maximum Gasteiger partial charge on any atom is 0.255 e. The molecule has 0 spiro atoms. The molecular formula is C5H4ClFN2O. The maximum absolute atomic E-state index is 11.9. The zero-order valence-electron chi connectivity index (χ0n) is 4.90. The summed E-state index contributed by atoms with van der Waals surface area (Å²) in [4.78, 5) is 10.4. The monoisotopic (exact) mass is 162 g/mol. The summed E-state index contributed by atoms with van der Waals surface area (Å²) in [5.74, 6) is 0. The number of aromatic amines is 1. The van der Waals surface area contributed by atoms with Crippen LogP contribution < -0.4 is 0 Å². The van der Waals surface area contributed by atoms with Gasteiger partial charge in [0.2, 0.25) is 0 Å². The number of hydrogen-bond acceptors (Lipinski definition) is 2. The summed E-state index contributed by atoms with van der Waals surface area (Å²) in [6.45, 7) is -0.756. The highest BCUT2D eigenvalue weighted by Crippen LogP contribution is 2.08. The fourth-order valence-electron chi connectivity index (χ4n) is 0.584. The molecule has 1 aromatic heterocycles. The fourth-order valence-corrected chi connectivity index (χ4v) is 0.747. The number of H-pyrrole nitrogens is 1. The number of halogens is 2. The summed E-state index contributed by atoms with van der Waals surface area (Å²) in [6.07, 6.45) is 1.20. The molecule has 0 aliphatic rings. The molecule has 0 aliphatic heterocycles. The van der Waals surface area contributed by atoms with E-state index in [2.05, 4.69) is 10.2 Å². The van der Waals surface area contributed by atoms with E-state index in [1.165, 1.54) is 6.20 Å².